The Hall–Kier alpha value is -0.660. The molecule has 3 N–H and O–H groups in total. The molecule has 7 heteroatoms. The fourth-order valence-electron chi connectivity index (χ4n) is 1.20. The van der Waals surface area contributed by atoms with Crippen LogP contribution in [0, 0.1) is 0 Å². The topological polar surface area (TPSA) is 98.5 Å². The minimum atomic E-state index is -3.71. The first kappa shape index (κ1) is 15.3. The summed E-state index contributed by atoms with van der Waals surface area (Å²) in [5.74, 6) is -0.778. The van der Waals surface area contributed by atoms with E-state index >= 15 is 0 Å². The average Bonchev–Trinajstić information content (AvgIpc) is 2.26. The van der Waals surface area contributed by atoms with E-state index in [4.69, 9.17) is 5.73 Å². The highest BCUT2D eigenvalue weighted by Gasteiger charge is 2.30. The number of methoxy groups -OCH3 is 1. The van der Waals surface area contributed by atoms with Crippen LogP contribution in [0.25, 0.3) is 0 Å². The van der Waals surface area contributed by atoms with Crippen LogP contribution in [-0.4, -0.2) is 39.3 Å². The van der Waals surface area contributed by atoms with Gasteiger partial charge in [0.1, 0.15) is 0 Å². The Morgan fingerprint density at radius 1 is 1.50 bits per heavy atom. The van der Waals surface area contributed by atoms with Gasteiger partial charge in [0.05, 0.1) is 7.11 Å². The number of hydrogen-bond donors (Lipinski definition) is 2. The van der Waals surface area contributed by atoms with Gasteiger partial charge < -0.3 is 10.5 Å². The van der Waals surface area contributed by atoms with Gasteiger partial charge in [-0.1, -0.05) is 13.3 Å². The minimum Gasteiger partial charge on any atom is -0.468 e. The molecule has 0 aliphatic rings. The highest BCUT2D eigenvalue weighted by atomic mass is 32.2. The molecule has 6 nitrogen and oxygen atoms in total. The third-order valence-corrected chi connectivity index (χ3v) is 4.04. The molecule has 0 amide bonds. The predicted octanol–water partition coefficient (Wildman–Crippen LogP) is -0.405. The first-order chi connectivity index (χ1) is 7.38. The lowest BCUT2D eigenvalue weighted by molar-refractivity contribution is -0.139. The molecule has 0 aromatic rings. The summed E-state index contributed by atoms with van der Waals surface area (Å²) in [5.41, 5.74) is 5.43. The summed E-state index contributed by atoms with van der Waals surface area (Å²) < 4.78 is 30.2. The maximum atomic E-state index is 11.7. The average molecular weight is 252 g/mol. The Morgan fingerprint density at radius 3 is 2.44 bits per heavy atom. The van der Waals surface area contributed by atoms with E-state index in [2.05, 4.69) is 9.46 Å². The van der Waals surface area contributed by atoms with Crippen LogP contribution in [-0.2, 0) is 19.6 Å². The minimum absolute atomic E-state index is 0.209. The normalized spacial score (nSPS) is 15.5. The van der Waals surface area contributed by atoms with Crippen LogP contribution in [0.15, 0.2) is 0 Å². The largest absolute Gasteiger partial charge is 0.468 e. The number of ether oxygens (including phenoxy) is 1. The van der Waals surface area contributed by atoms with E-state index in [1.54, 1.807) is 0 Å². The third kappa shape index (κ3) is 4.46. The summed E-state index contributed by atoms with van der Waals surface area (Å²) in [7, 11) is -2.56. The van der Waals surface area contributed by atoms with Crippen molar-refractivity contribution in [2.45, 2.75) is 38.0 Å². The van der Waals surface area contributed by atoms with Crippen LogP contribution < -0.4 is 10.5 Å². The monoisotopic (exact) mass is 252 g/mol. The van der Waals surface area contributed by atoms with Gasteiger partial charge in [-0.25, -0.2) is 13.1 Å². The fourth-order valence-corrected chi connectivity index (χ4v) is 2.43. The lowest BCUT2D eigenvalue weighted by atomic mass is 10.2. The molecule has 0 spiro atoms. The number of hydrogen-bond acceptors (Lipinski definition) is 5. The SMILES string of the molecule is CCCC(CN)NS(=O)(=O)C(C)C(=O)OC. The van der Waals surface area contributed by atoms with Gasteiger partial charge in [-0.2, -0.15) is 0 Å². The van der Waals surface area contributed by atoms with Gasteiger partial charge in [0.25, 0.3) is 0 Å². The first-order valence-corrected chi connectivity index (χ1v) is 6.72. The summed E-state index contributed by atoms with van der Waals surface area (Å²) in [6.45, 7) is 3.43. The van der Waals surface area contributed by atoms with Gasteiger partial charge in [0, 0.05) is 12.6 Å². The van der Waals surface area contributed by atoms with Crippen molar-refractivity contribution in [3.05, 3.63) is 0 Å². The number of carbonyl (C=O) groups excluding carboxylic acids is 1. The molecule has 0 rings (SSSR count). The Bertz CT molecular complexity index is 315. The molecule has 0 fully saturated rings. The van der Waals surface area contributed by atoms with Crippen LogP contribution in [0.5, 0.6) is 0 Å². The summed E-state index contributed by atoms with van der Waals surface area (Å²) >= 11 is 0. The van der Waals surface area contributed by atoms with Gasteiger partial charge in [-0.15, -0.1) is 0 Å². The molecule has 0 saturated carbocycles. The van der Waals surface area contributed by atoms with E-state index in [9.17, 15) is 13.2 Å². The first-order valence-electron chi connectivity index (χ1n) is 5.18. The molecular weight excluding hydrogens is 232 g/mol. The maximum absolute atomic E-state index is 11.7. The van der Waals surface area contributed by atoms with Gasteiger partial charge in [-0.3, -0.25) is 4.79 Å². The van der Waals surface area contributed by atoms with Gasteiger partial charge in [0.15, 0.2) is 5.25 Å². The lowest BCUT2D eigenvalue weighted by Gasteiger charge is -2.18. The summed E-state index contributed by atoms with van der Waals surface area (Å²) in [4.78, 5) is 11.1. The van der Waals surface area contributed by atoms with E-state index in [-0.39, 0.29) is 12.6 Å². The van der Waals surface area contributed by atoms with Crippen LogP contribution in [0.3, 0.4) is 0 Å². The molecule has 0 aromatic carbocycles. The summed E-state index contributed by atoms with van der Waals surface area (Å²) in [5, 5.41) is -1.22. The molecule has 0 aromatic heterocycles. The van der Waals surface area contributed by atoms with Gasteiger partial charge in [0.2, 0.25) is 10.0 Å². The number of nitrogens with two attached hydrogens (primary N) is 1. The number of esters is 1. The van der Waals surface area contributed by atoms with Crippen molar-refractivity contribution >= 4 is 16.0 Å². The number of nitrogens with one attached hydrogen (secondary N) is 1. The number of carbonyl (C=O) groups is 1. The molecule has 0 bridgehead atoms. The van der Waals surface area contributed by atoms with Crippen molar-refractivity contribution in [2.24, 2.45) is 5.73 Å². The van der Waals surface area contributed by atoms with Crippen LogP contribution in [0.4, 0.5) is 0 Å². The smallest absolute Gasteiger partial charge is 0.325 e. The molecule has 96 valence electrons. The van der Waals surface area contributed by atoms with E-state index in [0.29, 0.717) is 6.42 Å². The molecule has 0 aliphatic heterocycles. The molecule has 16 heavy (non-hydrogen) atoms. The van der Waals surface area contributed by atoms with Crippen molar-refractivity contribution < 1.29 is 17.9 Å². The summed E-state index contributed by atoms with van der Waals surface area (Å²) in [6.07, 6.45) is 1.46. The van der Waals surface area contributed by atoms with Crippen molar-refractivity contribution in [1.29, 1.82) is 0 Å². The zero-order valence-electron chi connectivity index (χ0n) is 9.89. The molecule has 2 unspecified atom stereocenters. The number of sulfonamides is 1. The zero-order valence-corrected chi connectivity index (χ0v) is 10.7. The van der Waals surface area contributed by atoms with Crippen molar-refractivity contribution in [1.82, 2.24) is 4.72 Å². The molecule has 0 radical (unpaired) electrons. The van der Waals surface area contributed by atoms with Gasteiger partial charge >= 0.3 is 5.97 Å². The lowest BCUT2D eigenvalue weighted by Crippen LogP contribution is -2.46. The molecule has 0 heterocycles. The Morgan fingerprint density at radius 2 is 2.06 bits per heavy atom. The van der Waals surface area contributed by atoms with Gasteiger partial charge in [-0.05, 0) is 13.3 Å². The Kier molecular flexibility index (Phi) is 6.54. The Labute approximate surface area is 96.6 Å². The van der Waals surface area contributed by atoms with Crippen LogP contribution >= 0.6 is 0 Å². The van der Waals surface area contributed by atoms with Crippen molar-refractivity contribution in [3.8, 4) is 0 Å². The Balaban J connectivity index is 4.60. The van der Waals surface area contributed by atoms with E-state index < -0.39 is 21.2 Å². The predicted molar refractivity (Wildman–Crippen MR) is 61.3 cm³/mol. The number of rotatable bonds is 7. The maximum Gasteiger partial charge on any atom is 0.325 e. The van der Waals surface area contributed by atoms with Crippen LogP contribution in [0.1, 0.15) is 26.7 Å². The second kappa shape index (κ2) is 6.82. The molecular formula is C9H20N2O4S. The van der Waals surface area contributed by atoms with Crippen molar-refractivity contribution in [3.63, 3.8) is 0 Å². The molecule has 0 saturated heterocycles. The second-order valence-electron chi connectivity index (χ2n) is 3.55. The second-order valence-corrected chi connectivity index (χ2v) is 5.58. The fraction of sp³-hybridized carbons (Fsp3) is 0.889. The van der Waals surface area contributed by atoms with E-state index in [1.807, 2.05) is 6.92 Å². The molecule has 0 aliphatic carbocycles. The highest BCUT2D eigenvalue weighted by Crippen LogP contribution is 2.04. The summed E-state index contributed by atoms with van der Waals surface area (Å²) in [6, 6.07) is -0.331. The van der Waals surface area contributed by atoms with E-state index in [0.717, 1.165) is 13.5 Å². The molecule has 2 atom stereocenters. The third-order valence-electron chi connectivity index (χ3n) is 2.25. The zero-order chi connectivity index (χ0) is 12.8. The quantitative estimate of drug-likeness (QED) is 0.600. The van der Waals surface area contributed by atoms with Crippen LogP contribution in [0.2, 0.25) is 0 Å². The standard InChI is InChI=1S/C9H20N2O4S/c1-4-5-8(6-10)11-16(13,14)7(2)9(12)15-3/h7-8,11H,4-6,10H2,1-3H3. The van der Waals surface area contributed by atoms with E-state index in [1.165, 1.54) is 6.92 Å². The highest BCUT2D eigenvalue weighted by molar-refractivity contribution is 7.90. The van der Waals surface area contributed by atoms with Crippen molar-refractivity contribution in [2.75, 3.05) is 13.7 Å².